The van der Waals surface area contributed by atoms with Gasteiger partial charge in [0.1, 0.15) is 5.82 Å². The first kappa shape index (κ1) is 12.4. The summed E-state index contributed by atoms with van der Waals surface area (Å²) in [7, 11) is 0. The minimum atomic E-state index is 0.919. The Bertz CT molecular complexity index is 1080. The molecule has 0 fully saturated rings. The van der Waals surface area contributed by atoms with Crippen LogP contribution in [-0.4, -0.2) is 9.97 Å². The molecule has 0 amide bonds. The summed E-state index contributed by atoms with van der Waals surface area (Å²) in [5.41, 5.74) is 3.26. The van der Waals surface area contributed by atoms with Crippen LogP contribution < -0.4 is 0 Å². The summed E-state index contributed by atoms with van der Waals surface area (Å²) >= 11 is 0. The topological polar surface area (TPSA) is 28.7 Å². The molecule has 0 aliphatic heterocycles. The van der Waals surface area contributed by atoms with Crippen LogP contribution in [0, 0.1) is 0 Å². The number of nitrogens with one attached hydrogen (secondary N) is 1. The standard InChI is InChI=1S/C21H14N2/c1-2-8-14(9-3-1)21-22-19-17-12-6-4-10-15(17)16-11-5-7-13-18(16)20(19)23-21/h1-13H,(H,22,23). The number of imidazole rings is 1. The van der Waals surface area contributed by atoms with Crippen molar-refractivity contribution < 1.29 is 0 Å². The maximum Gasteiger partial charge on any atom is 0.138 e. The van der Waals surface area contributed by atoms with E-state index in [9.17, 15) is 0 Å². The second kappa shape index (κ2) is 4.68. The molecule has 5 aromatic rings. The van der Waals surface area contributed by atoms with Gasteiger partial charge in [-0.25, -0.2) is 4.98 Å². The minimum absolute atomic E-state index is 0.919. The van der Waals surface area contributed by atoms with Crippen LogP contribution in [0.3, 0.4) is 0 Å². The fourth-order valence-electron chi connectivity index (χ4n) is 3.36. The Balaban J connectivity index is 1.99. The molecule has 1 heterocycles. The summed E-state index contributed by atoms with van der Waals surface area (Å²) in [4.78, 5) is 8.44. The molecule has 2 heteroatoms. The molecule has 0 unspecified atom stereocenters. The molecule has 0 saturated carbocycles. The molecule has 0 spiro atoms. The van der Waals surface area contributed by atoms with Crippen molar-refractivity contribution >= 4 is 32.6 Å². The number of aromatic amines is 1. The predicted octanol–water partition coefficient (Wildman–Crippen LogP) is 5.54. The summed E-state index contributed by atoms with van der Waals surface area (Å²) in [6.45, 7) is 0. The van der Waals surface area contributed by atoms with Crippen LogP contribution in [0.25, 0.3) is 44.0 Å². The molecule has 4 aromatic carbocycles. The number of rotatable bonds is 1. The lowest BCUT2D eigenvalue weighted by molar-refractivity contribution is 1.34. The van der Waals surface area contributed by atoms with Crippen molar-refractivity contribution in [2.45, 2.75) is 0 Å². The quantitative estimate of drug-likeness (QED) is 0.404. The van der Waals surface area contributed by atoms with Crippen LogP contribution in [0.5, 0.6) is 0 Å². The molecule has 5 rings (SSSR count). The van der Waals surface area contributed by atoms with Crippen molar-refractivity contribution in [2.75, 3.05) is 0 Å². The molecule has 0 saturated heterocycles. The first-order valence-electron chi connectivity index (χ1n) is 7.76. The fraction of sp³-hybridized carbons (Fsp3) is 0. The van der Waals surface area contributed by atoms with Crippen LogP contribution in [0.15, 0.2) is 78.9 Å². The van der Waals surface area contributed by atoms with Crippen molar-refractivity contribution in [1.82, 2.24) is 9.97 Å². The van der Waals surface area contributed by atoms with Crippen LogP contribution in [0.2, 0.25) is 0 Å². The van der Waals surface area contributed by atoms with Gasteiger partial charge < -0.3 is 4.98 Å². The molecule has 0 atom stereocenters. The van der Waals surface area contributed by atoms with Gasteiger partial charge in [0.15, 0.2) is 0 Å². The van der Waals surface area contributed by atoms with Gasteiger partial charge in [0.25, 0.3) is 0 Å². The van der Waals surface area contributed by atoms with Gasteiger partial charge in [-0.15, -0.1) is 0 Å². The fourth-order valence-corrected chi connectivity index (χ4v) is 3.36. The van der Waals surface area contributed by atoms with Gasteiger partial charge in [0, 0.05) is 16.3 Å². The summed E-state index contributed by atoms with van der Waals surface area (Å²) in [6, 6.07) is 27.3. The Morgan fingerprint density at radius 1 is 0.565 bits per heavy atom. The Hall–Kier alpha value is -3.13. The minimum Gasteiger partial charge on any atom is -0.337 e. The lowest BCUT2D eigenvalue weighted by Gasteiger charge is -2.05. The maximum atomic E-state index is 4.91. The third kappa shape index (κ3) is 1.78. The number of hydrogen-bond acceptors (Lipinski definition) is 1. The molecule has 0 radical (unpaired) electrons. The molecule has 1 N–H and O–H groups in total. The molecule has 23 heavy (non-hydrogen) atoms. The molecule has 0 aliphatic rings. The van der Waals surface area contributed by atoms with Gasteiger partial charge in [-0.05, 0) is 10.8 Å². The summed E-state index contributed by atoms with van der Waals surface area (Å²) in [5, 5.41) is 4.93. The van der Waals surface area contributed by atoms with Crippen molar-refractivity contribution in [3.63, 3.8) is 0 Å². The van der Waals surface area contributed by atoms with E-state index in [0.717, 1.165) is 22.4 Å². The van der Waals surface area contributed by atoms with Crippen molar-refractivity contribution in [1.29, 1.82) is 0 Å². The normalized spacial score (nSPS) is 11.5. The Morgan fingerprint density at radius 3 is 1.87 bits per heavy atom. The number of aromatic nitrogens is 2. The number of H-pyrrole nitrogens is 1. The molecular formula is C21H14N2. The largest absolute Gasteiger partial charge is 0.337 e. The van der Waals surface area contributed by atoms with Gasteiger partial charge in [-0.1, -0.05) is 78.9 Å². The van der Waals surface area contributed by atoms with E-state index < -0.39 is 0 Å². The number of fused-ring (bicyclic) bond motifs is 6. The van der Waals surface area contributed by atoms with E-state index >= 15 is 0 Å². The number of benzene rings is 4. The SMILES string of the molecule is c1ccc(-c2nc3c4ccccc4c4ccccc4c3[nH]2)cc1. The van der Waals surface area contributed by atoms with Gasteiger partial charge in [0.05, 0.1) is 11.0 Å². The van der Waals surface area contributed by atoms with E-state index in [1.807, 2.05) is 18.2 Å². The molecule has 108 valence electrons. The lowest BCUT2D eigenvalue weighted by atomic mass is 10.0. The molecule has 0 bridgehead atoms. The van der Waals surface area contributed by atoms with Crippen LogP contribution in [0.1, 0.15) is 0 Å². The summed E-state index contributed by atoms with van der Waals surface area (Å²) in [5.74, 6) is 0.919. The van der Waals surface area contributed by atoms with E-state index in [-0.39, 0.29) is 0 Å². The van der Waals surface area contributed by atoms with Gasteiger partial charge in [-0.3, -0.25) is 0 Å². The molecular weight excluding hydrogens is 280 g/mol. The summed E-state index contributed by atoms with van der Waals surface area (Å²) < 4.78 is 0. The lowest BCUT2D eigenvalue weighted by Crippen LogP contribution is -1.81. The second-order valence-electron chi connectivity index (χ2n) is 5.77. The van der Waals surface area contributed by atoms with Crippen molar-refractivity contribution in [3.8, 4) is 11.4 Å². The third-order valence-electron chi connectivity index (χ3n) is 4.42. The third-order valence-corrected chi connectivity index (χ3v) is 4.42. The predicted molar refractivity (Wildman–Crippen MR) is 96.5 cm³/mol. The highest BCUT2D eigenvalue weighted by molar-refractivity contribution is 6.23. The van der Waals surface area contributed by atoms with Crippen molar-refractivity contribution in [3.05, 3.63) is 78.9 Å². The zero-order valence-corrected chi connectivity index (χ0v) is 12.5. The smallest absolute Gasteiger partial charge is 0.138 e. The highest BCUT2D eigenvalue weighted by atomic mass is 14.9. The first-order chi connectivity index (χ1) is 11.4. The monoisotopic (exact) mass is 294 g/mol. The van der Waals surface area contributed by atoms with Gasteiger partial charge in [-0.2, -0.15) is 0 Å². The van der Waals surface area contributed by atoms with Crippen LogP contribution >= 0.6 is 0 Å². The molecule has 2 nitrogen and oxygen atoms in total. The Labute approximate surface area is 133 Å². The van der Waals surface area contributed by atoms with E-state index in [1.54, 1.807) is 0 Å². The highest BCUT2D eigenvalue weighted by Crippen LogP contribution is 2.34. The highest BCUT2D eigenvalue weighted by Gasteiger charge is 2.12. The molecule has 1 aromatic heterocycles. The number of hydrogen-bond donors (Lipinski definition) is 1. The first-order valence-corrected chi connectivity index (χ1v) is 7.76. The van der Waals surface area contributed by atoms with Crippen LogP contribution in [-0.2, 0) is 0 Å². The zero-order chi connectivity index (χ0) is 15.2. The average Bonchev–Trinajstić information content (AvgIpc) is 3.09. The van der Waals surface area contributed by atoms with Gasteiger partial charge in [0.2, 0.25) is 0 Å². The maximum absolute atomic E-state index is 4.91. The van der Waals surface area contributed by atoms with Crippen LogP contribution in [0.4, 0.5) is 0 Å². The second-order valence-corrected chi connectivity index (χ2v) is 5.77. The summed E-state index contributed by atoms with van der Waals surface area (Å²) in [6.07, 6.45) is 0. The van der Waals surface area contributed by atoms with E-state index in [2.05, 4.69) is 65.6 Å². The zero-order valence-electron chi connectivity index (χ0n) is 12.5. The van der Waals surface area contributed by atoms with Crippen molar-refractivity contribution in [2.24, 2.45) is 0 Å². The van der Waals surface area contributed by atoms with E-state index in [4.69, 9.17) is 4.98 Å². The Morgan fingerprint density at radius 2 is 1.13 bits per heavy atom. The van der Waals surface area contributed by atoms with E-state index in [1.165, 1.54) is 21.5 Å². The number of nitrogens with zero attached hydrogens (tertiary/aromatic N) is 1. The Kier molecular flexibility index (Phi) is 2.53. The molecule has 0 aliphatic carbocycles. The average molecular weight is 294 g/mol. The van der Waals surface area contributed by atoms with Gasteiger partial charge >= 0.3 is 0 Å². The van der Waals surface area contributed by atoms with E-state index in [0.29, 0.717) is 0 Å².